The van der Waals surface area contributed by atoms with Gasteiger partial charge in [0.15, 0.2) is 0 Å². The Hall–Kier alpha value is -3.09. The van der Waals surface area contributed by atoms with Crippen LogP contribution in [0, 0.1) is 6.92 Å². The fraction of sp³-hybridized carbons (Fsp3) is 0.278. The summed E-state index contributed by atoms with van der Waals surface area (Å²) in [6, 6.07) is 7.58. The Kier molecular flexibility index (Phi) is 3.76. The molecule has 0 aliphatic carbocycles. The number of nitrogens with zero attached hydrogens (tertiary/aromatic N) is 3. The number of fused-ring (bicyclic) bond motifs is 3. The molecule has 0 unspecified atom stereocenters. The predicted molar refractivity (Wildman–Crippen MR) is 93.9 cm³/mol. The molecule has 1 aromatic heterocycles. The van der Waals surface area contributed by atoms with E-state index in [2.05, 4.69) is 15.3 Å². The van der Waals surface area contributed by atoms with Gasteiger partial charge in [-0.15, -0.1) is 0 Å². The van der Waals surface area contributed by atoms with E-state index < -0.39 is 0 Å². The Bertz CT molecular complexity index is 880. The number of carbonyl (C=O) groups is 1. The van der Waals surface area contributed by atoms with E-state index >= 15 is 0 Å². The lowest BCUT2D eigenvalue weighted by molar-refractivity contribution is 0.0949. The summed E-state index contributed by atoms with van der Waals surface area (Å²) in [6.07, 6.45) is 1.70. The van der Waals surface area contributed by atoms with Crippen molar-refractivity contribution in [1.29, 1.82) is 0 Å². The number of amidine groups is 1. The molecule has 1 aromatic carbocycles. The number of carbonyl (C=O) groups excluding carboxylic acids is 1. The monoisotopic (exact) mass is 338 g/mol. The standard InChI is InChI=1S/C18H18N4O3/c1-11-14(15-16-19-7-8-22(16)10-21-18(15)25-11)17(23)20-9-12-3-5-13(24-2)6-4-12/h3-6,10H,7-9H2,1-2H3,(H,20,23). The highest BCUT2D eigenvalue weighted by atomic mass is 16.5. The summed E-state index contributed by atoms with van der Waals surface area (Å²) in [4.78, 5) is 23.5. The number of methoxy groups -OCH3 is 1. The molecule has 7 nitrogen and oxygen atoms in total. The molecule has 0 spiro atoms. The van der Waals surface area contributed by atoms with Crippen molar-refractivity contribution >= 4 is 24.0 Å². The number of rotatable bonds is 4. The van der Waals surface area contributed by atoms with Crippen LogP contribution in [0.15, 0.2) is 38.7 Å². The van der Waals surface area contributed by atoms with Crippen LogP contribution >= 0.6 is 0 Å². The molecule has 4 rings (SSSR count). The lowest BCUT2D eigenvalue weighted by Crippen LogP contribution is -2.32. The minimum Gasteiger partial charge on any atom is -0.497 e. The van der Waals surface area contributed by atoms with Crippen LogP contribution < -0.4 is 10.1 Å². The second-order valence-corrected chi connectivity index (χ2v) is 5.89. The smallest absolute Gasteiger partial charge is 0.255 e. The molecule has 0 saturated heterocycles. The molecule has 0 bridgehead atoms. The molecule has 2 aliphatic rings. The molecule has 2 aliphatic heterocycles. The fourth-order valence-corrected chi connectivity index (χ4v) is 3.03. The van der Waals surface area contributed by atoms with Crippen molar-refractivity contribution in [3.63, 3.8) is 0 Å². The number of hydrogen-bond acceptors (Lipinski definition) is 6. The first kappa shape index (κ1) is 15.4. The molecule has 0 saturated carbocycles. The Morgan fingerprint density at radius 1 is 1.36 bits per heavy atom. The first-order valence-electron chi connectivity index (χ1n) is 8.07. The van der Waals surface area contributed by atoms with Crippen molar-refractivity contribution in [2.24, 2.45) is 9.98 Å². The van der Waals surface area contributed by atoms with Crippen LogP contribution in [0.4, 0.5) is 5.88 Å². The normalized spacial score (nSPS) is 14.8. The Morgan fingerprint density at radius 3 is 2.92 bits per heavy atom. The maximum absolute atomic E-state index is 12.8. The van der Waals surface area contributed by atoms with E-state index in [0.717, 1.165) is 23.7 Å². The van der Waals surface area contributed by atoms with E-state index in [1.165, 1.54) is 0 Å². The molecular weight excluding hydrogens is 320 g/mol. The average molecular weight is 338 g/mol. The maximum Gasteiger partial charge on any atom is 0.255 e. The molecule has 0 fully saturated rings. The van der Waals surface area contributed by atoms with Gasteiger partial charge in [-0.05, 0) is 24.6 Å². The van der Waals surface area contributed by atoms with Crippen LogP contribution in [0.2, 0.25) is 0 Å². The molecule has 2 aromatic rings. The summed E-state index contributed by atoms with van der Waals surface area (Å²) in [5.74, 6) is 2.35. The van der Waals surface area contributed by atoms with E-state index in [9.17, 15) is 4.79 Å². The van der Waals surface area contributed by atoms with Gasteiger partial charge in [0.2, 0.25) is 5.88 Å². The number of ether oxygens (including phenoxy) is 1. The van der Waals surface area contributed by atoms with Crippen LogP contribution in [0.25, 0.3) is 0 Å². The topological polar surface area (TPSA) is 79.4 Å². The lowest BCUT2D eigenvalue weighted by Gasteiger charge is -2.18. The molecular formula is C18H18N4O3. The quantitative estimate of drug-likeness (QED) is 0.927. The largest absolute Gasteiger partial charge is 0.497 e. The maximum atomic E-state index is 12.8. The van der Waals surface area contributed by atoms with Crippen molar-refractivity contribution in [1.82, 2.24) is 10.2 Å². The van der Waals surface area contributed by atoms with Gasteiger partial charge in [0, 0.05) is 13.1 Å². The summed E-state index contributed by atoms with van der Waals surface area (Å²) < 4.78 is 10.8. The van der Waals surface area contributed by atoms with Gasteiger partial charge >= 0.3 is 0 Å². The number of amides is 1. The van der Waals surface area contributed by atoms with Gasteiger partial charge < -0.3 is 19.4 Å². The van der Waals surface area contributed by atoms with Crippen molar-refractivity contribution in [3.8, 4) is 5.75 Å². The number of aliphatic imine (C=N–C) groups is 2. The van der Waals surface area contributed by atoms with Crippen molar-refractivity contribution < 1.29 is 13.9 Å². The number of aryl methyl sites for hydroxylation is 1. The minimum absolute atomic E-state index is 0.190. The van der Waals surface area contributed by atoms with Gasteiger partial charge in [-0.3, -0.25) is 9.79 Å². The Morgan fingerprint density at radius 2 is 2.16 bits per heavy atom. The summed E-state index contributed by atoms with van der Waals surface area (Å²) in [6.45, 7) is 3.66. The van der Waals surface area contributed by atoms with Crippen molar-refractivity contribution in [2.45, 2.75) is 13.5 Å². The summed E-state index contributed by atoms with van der Waals surface area (Å²) in [5, 5.41) is 2.94. The zero-order valence-corrected chi connectivity index (χ0v) is 14.1. The van der Waals surface area contributed by atoms with Gasteiger partial charge in [0.05, 0.1) is 24.8 Å². The zero-order valence-electron chi connectivity index (χ0n) is 14.1. The third-order valence-corrected chi connectivity index (χ3v) is 4.32. The van der Waals surface area contributed by atoms with Crippen LogP contribution in [0.5, 0.6) is 5.75 Å². The first-order valence-corrected chi connectivity index (χ1v) is 8.07. The van der Waals surface area contributed by atoms with E-state index in [1.807, 2.05) is 29.2 Å². The predicted octanol–water partition coefficient (Wildman–Crippen LogP) is 2.26. The summed E-state index contributed by atoms with van der Waals surface area (Å²) in [7, 11) is 1.62. The highest BCUT2D eigenvalue weighted by Crippen LogP contribution is 2.34. The first-order chi connectivity index (χ1) is 12.2. The molecule has 3 heterocycles. The molecule has 25 heavy (non-hydrogen) atoms. The molecule has 1 amide bonds. The van der Waals surface area contributed by atoms with Gasteiger partial charge in [-0.25, -0.2) is 4.99 Å². The fourth-order valence-electron chi connectivity index (χ4n) is 3.03. The van der Waals surface area contributed by atoms with Crippen molar-refractivity contribution in [2.75, 3.05) is 20.2 Å². The van der Waals surface area contributed by atoms with Crippen LogP contribution in [-0.4, -0.2) is 43.2 Å². The molecule has 0 radical (unpaired) electrons. The second kappa shape index (κ2) is 6.08. The zero-order chi connectivity index (χ0) is 17.4. The third-order valence-electron chi connectivity index (χ3n) is 4.32. The Balaban J connectivity index is 1.57. The molecule has 7 heteroatoms. The van der Waals surface area contributed by atoms with E-state index in [1.54, 1.807) is 20.4 Å². The van der Waals surface area contributed by atoms with Gasteiger partial charge in [-0.2, -0.15) is 0 Å². The number of nitrogens with one attached hydrogen (secondary N) is 1. The summed E-state index contributed by atoms with van der Waals surface area (Å²) in [5.41, 5.74) is 2.18. The average Bonchev–Trinajstić information content (AvgIpc) is 3.23. The number of furan rings is 1. The summed E-state index contributed by atoms with van der Waals surface area (Å²) >= 11 is 0. The van der Waals surface area contributed by atoms with Gasteiger partial charge in [0.25, 0.3) is 5.91 Å². The van der Waals surface area contributed by atoms with Crippen molar-refractivity contribution in [3.05, 3.63) is 46.7 Å². The molecule has 1 N–H and O–H groups in total. The van der Waals surface area contributed by atoms with Gasteiger partial charge in [0.1, 0.15) is 23.7 Å². The second-order valence-electron chi connectivity index (χ2n) is 5.89. The van der Waals surface area contributed by atoms with E-state index in [4.69, 9.17) is 9.15 Å². The highest BCUT2D eigenvalue weighted by molar-refractivity contribution is 6.17. The van der Waals surface area contributed by atoms with Crippen LogP contribution in [0.1, 0.15) is 27.2 Å². The lowest BCUT2D eigenvalue weighted by atomic mass is 10.1. The number of benzene rings is 1. The van der Waals surface area contributed by atoms with Gasteiger partial charge in [-0.1, -0.05) is 12.1 Å². The van der Waals surface area contributed by atoms with E-state index in [-0.39, 0.29) is 5.91 Å². The molecule has 128 valence electrons. The minimum atomic E-state index is -0.190. The van der Waals surface area contributed by atoms with Crippen LogP contribution in [-0.2, 0) is 6.54 Å². The third kappa shape index (κ3) is 2.67. The molecule has 0 atom stereocenters. The van der Waals surface area contributed by atoms with E-state index in [0.29, 0.717) is 35.9 Å². The highest BCUT2D eigenvalue weighted by Gasteiger charge is 2.33. The SMILES string of the molecule is COc1ccc(CNC(=O)c2c(C)oc3c2C2=NCCN2C=N3)cc1. The number of hydrogen-bond donors (Lipinski definition) is 1. The Labute approximate surface area is 145 Å². The van der Waals surface area contributed by atoms with Crippen LogP contribution in [0.3, 0.4) is 0 Å².